The van der Waals surface area contributed by atoms with Gasteiger partial charge in [0, 0.05) is 24.2 Å². The smallest absolute Gasteiger partial charge is 0.156 e. The van der Waals surface area contributed by atoms with E-state index in [4.69, 9.17) is 0 Å². The third kappa shape index (κ3) is 3.20. The summed E-state index contributed by atoms with van der Waals surface area (Å²) in [6, 6.07) is 2.59. The van der Waals surface area contributed by atoms with E-state index in [0.29, 0.717) is 12.5 Å². The van der Waals surface area contributed by atoms with E-state index >= 15 is 0 Å². The molecule has 2 heterocycles. The van der Waals surface area contributed by atoms with Crippen molar-refractivity contribution in [2.45, 2.75) is 44.2 Å². The molecular formula is C14H21N3OS. The number of nitrogens with one attached hydrogen (secondary N) is 1. The maximum Gasteiger partial charge on any atom is 0.156 e. The second-order valence-electron chi connectivity index (χ2n) is 5.45. The van der Waals surface area contributed by atoms with Crippen LogP contribution in [0.5, 0.6) is 0 Å². The Balaban J connectivity index is 1.58. The first kappa shape index (κ1) is 13.2. The Labute approximate surface area is 118 Å². The van der Waals surface area contributed by atoms with E-state index in [-0.39, 0.29) is 11.8 Å². The van der Waals surface area contributed by atoms with Crippen molar-refractivity contribution >= 4 is 17.5 Å². The Kier molecular flexibility index (Phi) is 4.23. The minimum Gasteiger partial charge on any atom is -0.306 e. The number of nitrogens with zero attached hydrogens (tertiary/aromatic N) is 2. The molecular weight excluding hydrogens is 258 g/mol. The number of rotatable bonds is 4. The topological polar surface area (TPSA) is 46.9 Å². The molecule has 2 fully saturated rings. The van der Waals surface area contributed by atoms with Crippen molar-refractivity contribution in [1.82, 2.24) is 15.1 Å². The van der Waals surface area contributed by atoms with E-state index in [2.05, 4.69) is 15.1 Å². The van der Waals surface area contributed by atoms with E-state index in [1.165, 1.54) is 25.7 Å². The highest BCUT2D eigenvalue weighted by Gasteiger charge is 2.22. The lowest BCUT2D eigenvalue weighted by atomic mass is 10.1. The molecule has 1 unspecified atom stereocenters. The quantitative estimate of drug-likeness (QED) is 0.913. The Bertz CT molecular complexity index is 434. The summed E-state index contributed by atoms with van der Waals surface area (Å²) in [5.41, 5.74) is 0.925. The molecule has 0 bridgehead atoms. The van der Waals surface area contributed by atoms with Gasteiger partial charge >= 0.3 is 0 Å². The zero-order valence-electron chi connectivity index (χ0n) is 11.2. The van der Waals surface area contributed by atoms with Crippen LogP contribution in [-0.2, 0) is 11.2 Å². The van der Waals surface area contributed by atoms with E-state index in [1.54, 1.807) is 0 Å². The SMILES string of the molecule is O=C(Cc1ccn(C2CCCC2)n1)C1CSCCN1. The molecule has 2 aliphatic rings. The fraction of sp³-hybridized carbons (Fsp3) is 0.714. The van der Waals surface area contributed by atoms with Gasteiger partial charge in [0.2, 0.25) is 0 Å². The Hall–Kier alpha value is -0.810. The summed E-state index contributed by atoms with van der Waals surface area (Å²) in [4.78, 5) is 12.2. The first-order chi connectivity index (χ1) is 9.33. The predicted molar refractivity (Wildman–Crippen MR) is 77.6 cm³/mol. The Morgan fingerprint density at radius 3 is 3.05 bits per heavy atom. The maximum atomic E-state index is 12.2. The van der Waals surface area contributed by atoms with Gasteiger partial charge in [-0.2, -0.15) is 16.9 Å². The summed E-state index contributed by atoms with van der Waals surface area (Å²) in [7, 11) is 0. The lowest BCUT2D eigenvalue weighted by molar-refractivity contribution is -0.120. The third-order valence-electron chi connectivity index (χ3n) is 4.03. The molecule has 1 saturated heterocycles. The normalized spacial score (nSPS) is 24.7. The number of ketones is 1. The van der Waals surface area contributed by atoms with Crippen LogP contribution in [0.25, 0.3) is 0 Å². The monoisotopic (exact) mass is 279 g/mol. The average molecular weight is 279 g/mol. The number of carbonyl (C=O) groups excluding carboxylic acids is 1. The second-order valence-corrected chi connectivity index (χ2v) is 6.60. The van der Waals surface area contributed by atoms with Crippen LogP contribution in [0.1, 0.15) is 37.4 Å². The summed E-state index contributed by atoms with van der Waals surface area (Å²) in [5, 5.41) is 7.88. The summed E-state index contributed by atoms with van der Waals surface area (Å²) < 4.78 is 2.07. The highest BCUT2D eigenvalue weighted by molar-refractivity contribution is 7.99. The molecule has 1 atom stereocenters. The van der Waals surface area contributed by atoms with Crippen molar-refractivity contribution in [3.63, 3.8) is 0 Å². The van der Waals surface area contributed by atoms with E-state index in [1.807, 2.05) is 24.0 Å². The van der Waals surface area contributed by atoms with Crippen molar-refractivity contribution in [3.05, 3.63) is 18.0 Å². The van der Waals surface area contributed by atoms with Crippen LogP contribution in [-0.4, -0.2) is 39.7 Å². The van der Waals surface area contributed by atoms with Crippen LogP contribution in [0.3, 0.4) is 0 Å². The molecule has 0 spiro atoms. The molecule has 104 valence electrons. The molecule has 1 saturated carbocycles. The third-order valence-corrected chi connectivity index (χ3v) is 5.09. The molecule has 1 aromatic rings. The van der Waals surface area contributed by atoms with Crippen LogP contribution in [0.4, 0.5) is 0 Å². The van der Waals surface area contributed by atoms with Crippen molar-refractivity contribution < 1.29 is 4.79 Å². The van der Waals surface area contributed by atoms with Gasteiger partial charge in [-0.05, 0) is 18.9 Å². The van der Waals surface area contributed by atoms with Crippen LogP contribution in [0.15, 0.2) is 12.3 Å². The molecule has 3 rings (SSSR count). The average Bonchev–Trinajstić information content (AvgIpc) is 3.10. The van der Waals surface area contributed by atoms with Gasteiger partial charge in [0.1, 0.15) is 0 Å². The largest absolute Gasteiger partial charge is 0.306 e. The van der Waals surface area contributed by atoms with Crippen LogP contribution in [0.2, 0.25) is 0 Å². The summed E-state index contributed by atoms with van der Waals surface area (Å²) in [5.74, 6) is 2.30. The maximum absolute atomic E-state index is 12.2. The van der Waals surface area contributed by atoms with Crippen LogP contribution in [0, 0.1) is 0 Å². The first-order valence-corrected chi connectivity index (χ1v) is 8.36. The van der Waals surface area contributed by atoms with E-state index in [0.717, 1.165) is 23.7 Å². The van der Waals surface area contributed by atoms with Crippen LogP contribution < -0.4 is 5.32 Å². The zero-order valence-corrected chi connectivity index (χ0v) is 12.0. The highest BCUT2D eigenvalue weighted by Crippen LogP contribution is 2.28. The molecule has 19 heavy (non-hydrogen) atoms. The lowest BCUT2D eigenvalue weighted by Crippen LogP contribution is -2.44. The fourth-order valence-corrected chi connectivity index (χ4v) is 3.89. The first-order valence-electron chi connectivity index (χ1n) is 7.21. The number of hydrogen-bond donors (Lipinski definition) is 1. The molecule has 0 radical (unpaired) electrons. The van der Waals surface area contributed by atoms with E-state index in [9.17, 15) is 4.79 Å². The van der Waals surface area contributed by atoms with Gasteiger partial charge in [-0.3, -0.25) is 9.48 Å². The highest BCUT2D eigenvalue weighted by atomic mass is 32.2. The summed E-state index contributed by atoms with van der Waals surface area (Å²) in [6.45, 7) is 0.942. The van der Waals surface area contributed by atoms with Gasteiger partial charge in [-0.25, -0.2) is 0 Å². The Morgan fingerprint density at radius 2 is 2.32 bits per heavy atom. The zero-order chi connectivity index (χ0) is 13.1. The standard InChI is InChI=1S/C14H21N3OS/c18-14(13-10-19-8-6-15-13)9-11-5-7-17(16-11)12-3-1-2-4-12/h5,7,12-13,15H,1-4,6,8-10H2. The van der Waals surface area contributed by atoms with Gasteiger partial charge < -0.3 is 5.32 Å². The Morgan fingerprint density at radius 1 is 1.47 bits per heavy atom. The van der Waals surface area contributed by atoms with Crippen molar-refractivity contribution in [3.8, 4) is 0 Å². The second kappa shape index (κ2) is 6.09. The van der Waals surface area contributed by atoms with Gasteiger partial charge in [-0.1, -0.05) is 12.8 Å². The molecule has 1 aliphatic carbocycles. The molecule has 1 aliphatic heterocycles. The molecule has 1 aromatic heterocycles. The lowest BCUT2D eigenvalue weighted by Gasteiger charge is -2.21. The number of aromatic nitrogens is 2. The minimum atomic E-state index is 0.0235. The predicted octanol–water partition coefficient (Wildman–Crippen LogP) is 1.81. The van der Waals surface area contributed by atoms with Gasteiger partial charge in [0.25, 0.3) is 0 Å². The summed E-state index contributed by atoms with van der Waals surface area (Å²) >= 11 is 1.86. The minimum absolute atomic E-state index is 0.0235. The number of carbonyl (C=O) groups is 1. The number of Topliss-reactive ketones (excluding diaryl/α,β-unsaturated/α-hetero) is 1. The van der Waals surface area contributed by atoms with Crippen molar-refractivity contribution in [2.24, 2.45) is 0 Å². The summed E-state index contributed by atoms with van der Waals surface area (Å²) in [6.07, 6.45) is 7.59. The van der Waals surface area contributed by atoms with E-state index < -0.39 is 0 Å². The number of hydrogen-bond acceptors (Lipinski definition) is 4. The molecule has 0 amide bonds. The van der Waals surface area contributed by atoms with Crippen molar-refractivity contribution in [2.75, 3.05) is 18.1 Å². The molecule has 1 N–H and O–H groups in total. The molecule has 4 nitrogen and oxygen atoms in total. The fourth-order valence-electron chi connectivity index (χ4n) is 2.92. The molecule has 5 heteroatoms. The van der Waals surface area contributed by atoms with Gasteiger partial charge in [0.05, 0.1) is 24.2 Å². The van der Waals surface area contributed by atoms with Gasteiger partial charge in [0.15, 0.2) is 5.78 Å². The van der Waals surface area contributed by atoms with Crippen LogP contribution >= 0.6 is 11.8 Å². The van der Waals surface area contributed by atoms with Crippen molar-refractivity contribution in [1.29, 1.82) is 0 Å². The molecule has 0 aromatic carbocycles. The number of thioether (sulfide) groups is 1. The van der Waals surface area contributed by atoms with Gasteiger partial charge in [-0.15, -0.1) is 0 Å².